The van der Waals surface area contributed by atoms with Gasteiger partial charge in [0.05, 0.1) is 18.3 Å². The molecule has 0 bridgehead atoms. The number of hydrogen-bond donors (Lipinski definition) is 4. The van der Waals surface area contributed by atoms with E-state index in [2.05, 4.69) is 26.1 Å². The van der Waals surface area contributed by atoms with Crippen LogP contribution in [-0.4, -0.2) is 46.6 Å². The number of rotatable bonds is 4. The molecule has 0 aromatic carbocycles. The second-order valence-corrected chi connectivity index (χ2v) is 11.7. The third kappa shape index (κ3) is 3.34. The monoisotopic (exact) mass is 421 g/mol. The van der Waals surface area contributed by atoms with E-state index in [9.17, 15) is 20.1 Å². The van der Waals surface area contributed by atoms with Gasteiger partial charge in [-0.3, -0.25) is 4.79 Å². The van der Waals surface area contributed by atoms with E-state index in [0.29, 0.717) is 36.0 Å². The van der Waals surface area contributed by atoms with Gasteiger partial charge in [0.1, 0.15) is 0 Å². The molecule has 5 nitrogen and oxygen atoms in total. The molecule has 4 N–H and O–H groups in total. The third-order valence-electron chi connectivity index (χ3n) is 10.6. The van der Waals surface area contributed by atoms with Gasteiger partial charge in [-0.15, -0.1) is 0 Å². The Bertz CT molecular complexity index is 655. The highest BCUT2D eigenvalue weighted by molar-refractivity contribution is 5.75. The van der Waals surface area contributed by atoms with Crippen LogP contribution >= 0.6 is 0 Å². The van der Waals surface area contributed by atoms with Crippen LogP contribution < -0.4 is 5.32 Å². The molecule has 4 rings (SSSR count). The average Bonchev–Trinajstić information content (AvgIpc) is 3.06. The van der Waals surface area contributed by atoms with Crippen molar-refractivity contribution in [2.24, 2.45) is 46.3 Å². The fourth-order valence-electron chi connectivity index (χ4n) is 8.82. The molecule has 0 radical (unpaired) electrons. The first-order valence-electron chi connectivity index (χ1n) is 12.4. The van der Waals surface area contributed by atoms with E-state index in [-0.39, 0.29) is 41.0 Å². The van der Waals surface area contributed by atoms with Crippen molar-refractivity contribution in [2.75, 3.05) is 7.05 Å². The van der Waals surface area contributed by atoms with Crippen LogP contribution in [0.15, 0.2) is 0 Å². The molecule has 172 valence electrons. The van der Waals surface area contributed by atoms with E-state index in [1.165, 1.54) is 0 Å². The van der Waals surface area contributed by atoms with Gasteiger partial charge in [-0.05, 0) is 97.7 Å². The summed E-state index contributed by atoms with van der Waals surface area (Å²) in [5.41, 5.74) is -0.0595. The molecule has 0 saturated heterocycles. The van der Waals surface area contributed by atoms with Gasteiger partial charge >= 0.3 is 0 Å². The summed E-state index contributed by atoms with van der Waals surface area (Å²) >= 11 is 0. The van der Waals surface area contributed by atoms with Crippen molar-refractivity contribution in [2.45, 2.75) is 96.9 Å². The SMILES string of the molecule is CNC(=O)CC[C@H](C)C1CC[C@H]2C3[C@H](O)CC4C[C@H](O)CC[C@]4(C)[C@H]3C[C@H](O)[C@]12C. The van der Waals surface area contributed by atoms with Crippen LogP contribution in [0.5, 0.6) is 0 Å². The summed E-state index contributed by atoms with van der Waals surface area (Å²) in [6.45, 7) is 6.90. The van der Waals surface area contributed by atoms with Crippen molar-refractivity contribution < 1.29 is 20.1 Å². The molecule has 0 aliphatic heterocycles. The molecular weight excluding hydrogens is 378 g/mol. The van der Waals surface area contributed by atoms with Crippen LogP contribution in [-0.2, 0) is 4.79 Å². The van der Waals surface area contributed by atoms with E-state index in [1.54, 1.807) is 7.05 Å². The largest absolute Gasteiger partial charge is 0.393 e. The highest BCUT2D eigenvalue weighted by Gasteiger charge is 2.65. The molecule has 11 atom stereocenters. The topological polar surface area (TPSA) is 89.8 Å². The third-order valence-corrected chi connectivity index (χ3v) is 10.6. The fourth-order valence-corrected chi connectivity index (χ4v) is 8.82. The Balaban J connectivity index is 1.58. The maximum Gasteiger partial charge on any atom is 0.219 e. The summed E-state index contributed by atoms with van der Waals surface area (Å²) in [4.78, 5) is 11.8. The van der Waals surface area contributed by atoms with Gasteiger partial charge in [-0.1, -0.05) is 20.8 Å². The predicted octanol–water partition coefficient (Wildman–Crippen LogP) is 3.11. The lowest BCUT2D eigenvalue weighted by Crippen LogP contribution is -2.62. The molecule has 5 heteroatoms. The summed E-state index contributed by atoms with van der Waals surface area (Å²) < 4.78 is 0. The minimum absolute atomic E-state index is 0.0898. The second kappa shape index (κ2) is 8.04. The van der Waals surface area contributed by atoms with Gasteiger partial charge in [-0.25, -0.2) is 0 Å². The van der Waals surface area contributed by atoms with Crippen LogP contribution in [0, 0.1) is 46.3 Å². The zero-order valence-electron chi connectivity index (χ0n) is 19.3. The number of nitrogens with one attached hydrogen (secondary N) is 1. The number of aliphatic hydroxyl groups is 3. The highest BCUT2D eigenvalue weighted by Crippen LogP contribution is 2.68. The molecule has 4 fully saturated rings. The minimum atomic E-state index is -0.353. The smallest absolute Gasteiger partial charge is 0.219 e. The summed E-state index contributed by atoms with van der Waals surface area (Å²) in [6, 6.07) is 0. The van der Waals surface area contributed by atoms with Gasteiger partial charge in [0.15, 0.2) is 0 Å². The van der Waals surface area contributed by atoms with E-state index in [1.807, 2.05) is 0 Å². The van der Waals surface area contributed by atoms with Gasteiger partial charge < -0.3 is 20.6 Å². The molecule has 4 aliphatic carbocycles. The molecule has 4 aliphatic rings. The Morgan fingerprint density at radius 2 is 1.80 bits per heavy atom. The normalized spacial score (nSPS) is 51.4. The molecule has 0 aromatic rings. The van der Waals surface area contributed by atoms with Crippen LogP contribution in [0.3, 0.4) is 0 Å². The van der Waals surface area contributed by atoms with Gasteiger partial charge in [0, 0.05) is 13.5 Å². The van der Waals surface area contributed by atoms with E-state index >= 15 is 0 Å². The predicted molar refractivity (Wildman–Crippen MR) is 116 cm³/mol. The Kier molecular flexibility index (Phi) is 6.04. The summed E-state index contributed by atoms with van der Waals surface area (Å²) in [5, 5.41) is 35.8. The molecule has 0 heterocycles. The van der Waals surface area contributed by atoms with Crippen LogP contribution in [0.25, 0.3) is 0 Å². The molecule has 3 unspecified atom stereocenters. The summed E-state index contributed by atoms with van der Waals surface area (Å²) in [5.74, 6) is 2.17. The van der Waals surface area contributed by atoms with E-state index in [0.717, 1.165) is 51.4 Å². The van der Waals surface area contributed by atoms with Crippen molar-refractivity contribution in [1.82, 2.24) is 5.32 Å². The van der Waals surface area contributed by atoms with Crippen molar-refractivity contribution >= 4 is 5.91 Å². The molecule has 0 aromatic heterocycles. The van der Waals surface area contributed by atoms with Crippen molar-refractivity contribution in [3.63, 3.8) is 0 Å². The quantitative estimate of drug-likeness (QED) is 0.561. The molecule has 1 amide bonds. The molecule has 4 saturated carbocycles. The average molecular weight is 422 g/mol. The molecule has 30 heavy (non-hydrogen) atoms. The Morgan fingerprint density at radius 3 is 2.50 bits per heavy atom. The van der Waals surface area contributed by atoms with E-state index < -0.39 is 0 Å². The highest BCUT2D eigenvalue weighted by atomic mass is 16.3. The lowest BCUT2D eigenvalue weighted by molar-refractivity contribution is -0.207. The molecular formula is C25H43NO4. The van der Waals surface area contributed by atoms with Crippen molar-refractivity contribution in [3.8, 4) is 0 Å². The maximum absolute atomic E-state index is 11.8. The zero-order valence-corrected chi connectivity index (χ0v) is 19.3. The summed E-state index contributed by atoms with van der Waals surface area (Å²) in [7, 11) is 1.69. The Morgan fingerprint density at radius 1 is 1.07 bits per heavy atom. The lowest BCUT2D eigenvalue weighted by Gasteiger charge is -2.63. The first-order chi connectivity index (χ1) is 14.1. The fraction of sp³-hybridized carbons (Fsp3) is 0.960. The number of carbonyl (C=O) groups is 1. The lowest BCUT2D eigenvalue weighted by atomic mass is 9.43. The Hall–Kier alpha value is -0.650. The van der Waals surface area contributed by atoms with Crippen LogP contribution in [0.1, 0.15) is 78.6 Å². The second-order valence-electron chi connectivity index (χ2n) is 11.7. The van der Waals surface area contributed by atoms with Gasteiger partial charge in [0.25, 0.3) is 0 Å². The van der Waals surface area contributed by atoms with Crippen molar-refractivity contribution in [3.05, 3.63) is 0 Å². The number of aliphatic hydroxyl groups excluding tert-OH is 3. The first kappa shape index (κ1) is 22.5. The number of amides is 1. The van der Waals surface area contributed by atoms with Crippen LogP contribution in [0.2, 0.25) is 0 Å². The van der Waals surface area contributed by atoms with E-state index in [4.69, 9.17) is 0 Å². The van der Waals surface area contributed by atoms with Gasteiger partial charge in [0.2, 0.25) is 5.91 Å². The van der Waals surface area contributed by atoms with Crippen LogP contribution in [0.4, 0.5) is 0 Å². The van der Waals surface area contributed by atoms with Crippen molar-refractivity contribution in [1.29, 1.82) is 0 Å². The first-order valence-corrected chi connectivity index (χ1v) is 12.4. The summed E-state index contributed by atoms with van der Waals surface area (Å²) in [6.07, 6.45) is 6.88. The number of carbonyl (C=O) groups excluding carboxylic acids is 1. The zero-order chi connectivity index (χ0) is 21.8. The number of hydrogen-bond acceptors (Lipinski definition) is 4. The maximum atomic E-state index is 11.8. The standard InChI is InChI=1S/C25H43NO4/c1-14(5-8-22(30)26-4)17-6-7-18-23-19(13-21(29)25(17,18)3)24(2)10-9-16(27)11-15(24)12-20(23)28/h14-21,23,27-29H,5-13H2,1-4H3,(H,26,30)/t14-,15?,16+,17?,18-,19-,20+,21-,23?,24-,25+/m0/s1. The Labute approximate surface area is 182 Å². The minimum Gasteiger partial charge on any atom is -0.393 e. The molecule has 0 spiro atoms. The number of fused-ring (bicyclic) bond motifs is 5. The van der Waals surface area contributed by atoms with Gasteiger partial charge in [-0.2, -0.15) is 0 Å².